The number of hydrogen-bond acceptors (Lipinski definition) is 5. The molecule has 2 aromatic rings. The van der Waals surface area contributed by atoms with Crippen LogP contribution >= 0.6 is 0 Å². The van der Waals surface area contributed by atoms with E-state index in [1.807, 2.05) is 6.20 Å². The maximum Gasteiger partial charge on any atom is 0.293 e. The number of nitrogens with one attached hydrogen (secondary N) is 1. The minimum absolute atomic E-state index is 0.0676. The monoisotopic (exact) mass is 276 g/mol. The third-order valence-corrected chi connectivity index (χ3v) is 2.80. The molecule has 7 heteroatoms. The third kappa shape index (κ3) is 3.91. The number of rotatable bonds is 7. The Kier molecular flexibility index (Phi) is 4.86. The summed E-state index contributed by atoms with van der Waals surface area (Å²) in [5.74, 6) is 0.835. The maximum atomic E-state index is 12.1. The van der Waals surface area contributed by atoms with Crippen molar-refractivity contribution in [2.45, 2.75) is 33.4 Å². The Morgan fingerprint density at radius 2 is 2.15 bits per heavy atom. The van der Waals surface area contributed by atoms with E-state index in [4.69, 9.17) is 0 Å². The number of nitrogens with zero attached hydrogens (tertiary/aromatic N) is 5. The molecule has 0 aliphatic carbocycles. The van der Waals surface area contributed by atoms with E-state index in [1.165, 1.54) is 0 Å². The normalized spacial score (nSPS) is 10.9. The van der Waals surface area contributed by atoms with Crippen LogP contribution in [-0.2, 0) is 13.1 Å². The first-order valence-electron chi connectivity index (χ1n) is 6.80. The first-order chi connectivity index (χ1) is 9.66. The summed E-state index contributed by atoms with van der Waals surface area (Å²) in [7, 11) is 0. The van der Waals surface area contributed by atoms with Crippen molar-refractivity contribution >= 4 is 5.82 Å². The number of anilines is 1. The summed E-state index contributed by atoms with van der Waals surface area (Å²) in [5.41, 5.74) is -0.0676. The Balaban J connectivity index is 1.88. The fourth-order valence-electron chi connectivity index (χ4n) is 1.91. The van der Waals surface area contributed by atoms with Gasteiger partial charge in [-0.05, 0) is 12.3 Å². The SMILES string of the molecule is CC(C)Cn1ccnc(NCCCn2ccnn2)c1=O. The fourth-order valence-corrected chi connectivity index (χ4v) is 1.91. The third-order valence-electron chi connectivity index (χ3n) is 2.80. The van der Waals surface area contributed by atoms with Crippen LogP contribution in [0.1, 0.15) is 20.3 Å². The molecule has 2 heterocycles. The lowest BCUT2D eigenvalue weighted by Crippen LogP contribution is -2.26. The first kappa shape index (κ1) is 14.2. The van der Waals surface area contributed by atoms with Crippen LogP contribution in [0.15, 0.2) is 29.6 Å². The molecular formula is C13H20N6O. The van der Waals surface area contributed by atoms with E-state index in [9.17, 15) is 4.79 Å². The van der Waals surface area contributed by atoms with Crippen molar-refractivity contribution in [3.05, 3.63) is 35.1 Å². The van der Waals surface area contributed by atoms with Crippen molar-refractivity contribution in [2.75, 3.05) is 11.9 Å². The highest BCUT2D eigenvalue weighted by Gasteiger charge is 2.05. The minimum Gasteiger partial charge on any atom is -0.365 e. The molecule has 2 aromatic heterocycles. The fraction of sp³-hybridized carbons (Fsp3) is 0.538. The second kappa shape index (κ2) is 6.83. The first-order valence-corrected chi connectivity index (χ1v) is 6.80. The molecule has 2 rings (SSSR count). The maximum absolute atomic E-state index is 12.1. The molecule has 0 radical (unpaired) electrons. The zero-order valence-electron chi connectivity index (χ0n) is 11.9. The van der Waals surface area contributed by atoms with Gasteiger partial charge in [0.25, 0.3) is 5.56 Å². The number of aryl methyl sites for hydroxylation is 1. The second-order valence-corrected chi connectivity index (χ2v) is 5.07. The van der Waals surface area contributed by atoms with Gasteiger partial charge in [0.2, 0.25) is 0 Å². The van der Waals surface area contributed by atoms with Gasteiger partial charge in [0.15, 0.2) is 5.82 Å². The highest BCUT2D eigenvalue weighted by Crippen LogP contribution is 1.99. The number of aromatic nitrogens is 5. The van der Waals surface area contributed by atoms with E-state index >= 15 is 0 Å². The quantitative estimate of drug-likeness (QED) is 0.763. The minimum atomic E-state index is -0.0676. The lowest BCUT2D eigenvalue weighted by molar-refractivity contribution is 0.509. The van der Waals surface area contributed by atoms with Crippen LogP contribution in [-0.4, -0.2) is 31.1 Å². The van der Waals surface area contributed by atoms with Gasteiger partial charge in [0.1, 0.15) is 0 Å². The summed E-state index contributed by atoms with van der Waals surface area (Å²) in [6.45, 7) is 6.30. The zero-order valence-corrected chi connectivity index (χ0v) is 11.9. The molecule has 0 fully saturated rings. The van der Waals surface area contributed by atoms with Crippen LogP contribution < -0.4 is 10.9 Å². The largest absolute Gasteiger partial charge is 0.365 e. The van der Waals surface area contributed by atoms with Gasteiger partial charge in [-0.3, -0.25) is 9.48 Å². The Morgan fingerprint density at radius 1 is 1.30 bits per heavy atom. The summed E-state index contributed by atoms with van der Waals surface area (Å²) >= 11 is 0. The smallest absolute Gasteiger partial charge is 0.293 e. The summed E-state index contributed by atoms with van der Waals surface area (Å²) in [5, 5.41) is 10.7. The molecule has 0 spiro atoms. The molecular weight excluding hydrogens is 256 g/mol. The summed E-state index contributed by atoms with van der Waals surface area (Å²) in [6, 6.07) is 0. The topological polar surface area (TPSA) is 77.6 Å². The Hall–Kier alpha value is -2.18. The highest BCUT2D eigenvalue weighted by molar-refractivity contribution is 5.30. The predicted octanol–water partition coefficient (Wildman–Crippen LogP) is 0.993. The van der Waals surface area contributed by atoms with E-state index in [0.29, 0.717) is 24.8 Å². The molecule has 0 unspecified atom stereocenters. The molecule has 0 saturated carbocycles. The van der Waals surface area contributed by atoms with Crippen LogP contribution in [0.3, 0.4) is 0 Å². The van der Waals surface area contributed by atoms with Gasteiger partial charge in [-0.15, -0.1) is 5.10 Å². The molecule has 0 bridgehead atoms. The second-order valence-electron chi connectivity index (χ2n) is 5.07. The molecule has 0 aliphatic rings. The predicted molar refractivity (Wildman–Crippen MR) is 76.5 cm³/mol. The van der Waals surface area contributed by atoms with Crippen LogP contribution in [0, 0.1) is 5.92 Å². The van der Waals surface area contributed by atoms with Crippen LogP contribution in [0.5, 0.6) is 0 Å². The lowest BCUT2D eigenvalue weighted by atomic mass is 10.2. The summed E-state index contributed by atoms with van der Waals surface area (Å²) in [6.07, 6.45) is 7.70. The van der Waals surface area contributed by atoms with Crippen molar-refractivity contribution in [3.8, 4) is 0 Å². The lowest BCUT2D eigenvalue weighted by Gasteiger charge is -2.10. The van der Waals surface area contributed by atoms with E-state index in [1.54, 1.807) is 27.8 Å². The van der Waals surface area contributed by atoms with Crippen LogP contribution in [0.4, 0.5) is 5.82 Å². The molecule has 0 amide bonds. The van der Waals surface area contributed by atoms with E-state index in [2.05, 4.69) is 34.5 Å². The van der Waals surface area contributed by atoms with Crippen molar-refractivity contribution < 1.29 is 0 Å². The van der Waals surface area contributed by atoms with Crippen LogP contribution in [0.2, 0.25) is 0 Å². The van der Waals surface area contributed by atoms with Gasteiger partial charge in [-0.2, -0.15) is 0 Å². The Bertz CT molecular complexity index is 575. The molecule has 0 saturated heterocycles. The van der Waals surface area contributed by atoms with E-state index < -0.39 is 0 Å². The van der Waals surface area contributed by atoms with Gasteiger partial charge in [-0.25, -0.2) is 4.98 Å². The number of hydrogen-bond donors (Lipinski definition) is 1. The van der Waals surface area contributed by atoms with Gasteiger partial charge in [0, 0.05) is 38.2 Å². The molecule has 108 valence electrons. The van der Waals surface area contributed by atoms with Gasteiger partial charge >= 0.3 is 0 Å². The van der Waals surface area contributed by atoms with Crippen molar-refractivity contribution in [1.82, 2.24) is 24.5 Å². The van der Waals surface area contributed by atoms with Crippen molar-refractivity contribution in [1.29, 1.82) is 0 Å². The average molecular weight is 276 g/mol. The molecule has 0 aliphatic heterocycles. The van der Waals surface area contributed by atoms with E-state index in [-0.39, 0.29) is 5.56 Å². The van der Waals surface area contributed by atoms with Gasteiger partial charge in [0.05, 0.1) is 6.20 Å². The van der Waals surface area contributed by atoms with Gasteiger partial charge < -0.3 is 9.88 Å². The van der Waals surface area contributed by atoms with Crippen LogP contribution in [0.25, 0.3) is 0 Å². The Labute approximate surface area is 117 Å². The van der Waals surface area contributed by atoms with Crippen molar-refractivity contribution in [3.63, 3.8) is 0 Å². The van der Waals surface area contributed by atoms with E-state index in [0.717, 1.165) is 13.0 Å². The van der Waals surface area contributed by atoms with Crippen molar-refractivity contribution in [2.24, 2.45) is 5.92 Å². The molecule has 0 aromatic carbocycles. The Morgan fingerprint density at radius 3 is 2.85 bits per heavy atom. The molecule has 1 N–H and O–H groups in total. The molecule has 0 atom stereocenters. The zero-order chi connectivity index (χ0) is 14.4. The highest BCUT2D eigenvalue weighted by atomic mass is 16.1. The standard InChI is InChI=1S/C13H20N6O/c1-11(2)10-18-8-5-15-12(13(18)20)14-4-3-7-19-9-6-16-17-19/h5-6,8-9,11H,3-4,7,10H2,1-2H3,(H,14,15). The van der Waals surface area contributed by atoms with Gasteiger partial charge in [-0.1, -0.05) is 19.1 Å². The summed E-state index contributed by atoms with van der Waals surface area (Å²) < 4.78 is 3.45. The molecule has 7 nitrogen and oxygen atoms in total. The average Bonchev–Trinajstić information content (AvgIpc) is 2.91. The molecule has 20 heavy (non-hydrogen) atoms. The summed E-state index contributed by atoms with van der Waals surface area (Å²) in [4.78, 5) is 16.2.